The van der Waals surface area contributed by atoms with E-state index in [1.165, 1.54) is 0 Å². The maximum absolute atomic E-state index is 11.6. The molecule has 0 aromatic heterocycles. The average Bonchev–Trinajstić information content (AvgIpc) is 2.89. The van der Waals surface area contributed by atoms with Gasteiger partial charge in [-0.15, -0.1) is 0 Å². The molecule has 0 saturated carbocycles. The molecule has 230 valence electrons. The molecule has 0 aromatic rings. The molecule has 0 aromatic carbocycles. The maximum Gasteiger partial charge on any atom is 0.309 e. The van der Waals surface area contributed by atoms with Crippen LogP contribution in [0.15, 0.2) is 0 Å². The van der Waals surface area contributed by atoms with Crippen molar-refractivity contribution in [2.45, 2.75) is 156 Å². The Balaban J connectivity index is 0. The zero-order chi connectivity index (χ0) is 29.8. The summed E-state index contributed by atoms with van der Waals surface area (Å²) < 4.78 is 10.2. The van der Waals surface area contributed by atoms with Crippen molar-refractivity contribution in [3.05, 3.63) is 0 Å². The van der Waals surface area contributed by atoms with E-state index in [-0.39, 0.29) is 18.4 Å². The van der Waals surface area contributed by atoms with E-state index in [0.29, 0.717) is 51.7 Å². The number of hydrogen-bond acceptors (Lipinski definition) is 6. The number of carboxylic acid groups (broad SMARTS) is 2. The van der Waals surface area contributed by atoms with Gasteiger partial charge in [0.25, 0.3) is 0 Å². The molecular formula is C31H58O8. The van der Waals surface area contributed by atoms with Gasteiger partial charge < -0.3 is 19.7 Å². The number of esters is 2. The predicted octanol–water partition coefficient (Wildman–Crippen LogP) is 8.10. The molecule has 0 rings (SSSR count). The van der Waals surface area contributed by atoms with Gasteiger partial charge in [0.2, 0.25) is 0 Å². The van der Waals surface area contributed by atoms with Crippen LogP contribution in [-0.2, 0) is 28.7 Å². The van der Waals surface area contributed by atoms with Crippen molar-refractivity contribution in [1.29, 1.82) is 0 Å². The fourth-order valence-electron chi connectivity index (χ4n) is 4.18. The standard InChI is InChI=1S/C17H32O4.C14H26O4/c1-3-5-14-20-16(18)12-10-8-7-9-11-13-17(19)21-15-6-4-2;1-3-5-9-14(13(17)18,10-6-4-2)11-7-8-12(15)16/h3-15H2,1-2H3;3-11H2,1-2H3,(H,15,16)(H,17,18). The molecule has 0 saturated heterocycles. The van der Waals surface area contributed by atoms with E-state index in [0.717, 1.165) is 83.5 Å². The number of carboxylic acids is 2. The van der Waals surface area contributed by atoms with Crippen molar-refractivity contribution in [3.63, 3.8) is 0 Å². The number of ether oxygens (including phenoxy) is 2. The molecule has 0 amide bonds. The van der Waals surface area contributed by atoms with Gasteiger partial charge in [0.15, 0.2) is 0 Å². The third-order valence-corrected chi connectivity index (χ3v) is 6.80. The molecule has 0 aliphatic heterocycles. The van der Waals surface area contributed by atoms with Crippen LogP contribution in [-0.4, -0.2) is 47.3 Å². The molecule has 0 radical (unpaired) electrons. The maximum atomic E-state index is 11.6. The Morgan fingerprint density at radius 2 is 0.897 bits per heavy atom. The van der Waals surface area contributed by atoms with Crippen LogP contribution in [0.1, 0.15) is 156 Å². The van der Waals surface area contributed by atoms with Gasteiger partial charge in [0.1, 0.15) is 0 Å². The van der Waals surface area contributed by atoms with Crippen LogP contribution in [0.2, 0.25) is 0 Å². The van der Waals surface area contributed by atoms with Gasteiger partial charge in [-0.25, -0.2) is 0 Å². The molecule has 0 bridgehead atoms. The Morgan fingerprint density at radius 1 is 0.513 bits per heavy atom. The largest absolute Gasteiger partial charge is 0.481 e. The third-order valence-electron chi connectivity index (χ3n) is 6.80. The van der Waals surface area contributed by atoms with Gasteiger partial charge in [-0.1, -0.05) is 85.5 Å². The third kappa shape index (κ3) is 24.6. The first-order chi connectivity index (χ1) is 18.7. The van der Waals surface area contributed by atoms with Crippen molar-refractivity contribution in [1.82, 2.24) is 0 Å². The zero-order valence-corrected chi connectivity index (χ0v) is 25.4. The van der Waals surface area contributed by atoms with Gasteiger partial charge in [-0.2, -0.15) is 0 Å². The Kier molecular flexibility index (Phi) is 27.5. The summed E-state index contributed by atoms with van der Waals surface area (Å²) in [6.45, 7) is 9.35. The van der Waals surface area contributed by atoms with E-state index in [2.05, 4.69) is 13.8 Å². The van der Waals surface area contributed by atoms with Gasteiger partial charge in [-0.05, 0) is 51.4 Å². The second kappa shape index (κ2) is 27.4. The molecular weight excluding hydrogens is 500 g/mol. The molecule has 0 fully saturated rings. The lowest BCUT2D eigenvalue weighted by molar-refractivity contribution is -0.151. The fourth-order valence-corrected chi connectivity index (χ4v) is 4.18. The van der Waals surface area contributed by atoms with Crippen molar-refractivity contribution >= 4 is 23.9 Å². The molecule has 0 heterocycles. The summed E-state index contributed by atoms with van der Waals surface area (Å²) >= 11 is 0. The van der Waals surface area contributed by atoms with Crippen LogP contribution in [0.25, 0.3) is 0 Å². The van der Waals surface area contributed by atoms with Crippen molar-refractivity contribution in [2.24, 2.45) is 5.41 Å². The van der Waals surface area contributed by atoms with E-state index >= 15 is 0 Å². The van der Waals surface area contributed by atoms with E-state index in [1.54, 1.807) is 0 Å². The van der Waals surface area contributed by atoms with Gasteiger partial charge in [0, 0.05) is 19.3 Å². The smallest absolute Gasteiger partial charge is 0.309 e. The van der Waals surface area contributed by atoms with Crippen molar-refractivity contribution in [3.8, 4) is 0 Å². The number of carbonyl (C=O) groups is 4. The monoisotopic (exact) mass is 558 g/mol. The first kappa shape index (κ1) is 39.0. The summed E-state index contributed by atoms with van der Waals surface area (Å²) in [6, 6.07) is 0. The lowest BCUT2D eigenvalue weighted by Crippen LogP contribution is -2.31. The highest BCUT2D eigenvalue weighted by Gasteiger charge is 2.36. The molecule has 8 nitrogen and oxygen atoms in total. The van der Waals surface area contributed by atoms with Crippen LogP contribution in [0.5, 0.6) is 0 Å². The normalized spacial score (nSPS) is 10.9. The van der Waals surface area contributed by atoms with Crippen molar-refractivity contribution in [2.75, 3.05) is 13.2 Å². The minimum absolute atomic E-state index is 0.0628. The van der Waals surface area contributed by atoms with E-state index in [4.69, 9.17) is 14.6 Å². The highest BCUT2D eigenvalue weighted by molar-refractivity contribution is 5.74. The Morgan fingerprint density at radius 3 is 1.26 bits per heavy atom. The van der Waals surface area contributed by atoms with Crippen LogP contribution >= 0.6 is 0 Å². The first-order valence-electron chi connectivity index (χ1n) is 15.4. The molecule has 0 atom stereocenters. The highest BCUT2D eigenvalue weighted by atomic mass is 16.5. The molecule has 39 heavy (non-hydrogen) atoms. The Bertz CT molecular complexity index is 598. The minimum Gasteiger partial charge on any atom is -0.481 e. The second-order valence-corrected chi connectivity index (χ2v) is 10.5. The molecule has 0 unspecified atom stereocenters. The van der Waals surface area contributed by atoms with E-state index in [9.17, 15) is 24.3 Å². The summed E-state index contributed by atoms with van der Waals surface area (Å²) in [6.07, 6.45) is 15.9. The van der Waals surface area contributed by atoms with Gasteiger partial charge in [-0.3, -0.25) is 19.2 Å². The average molecular weight is 559 g/mol. The van der Waals surface area contributed by atoms with E-state index in [1.807, 2.05) is 13.8 Å². The summed E-state index contributed by atoms with van der Waals surface area (Å²) in [7, 11) is 0. The van der Waals surface area contributed by atoms with Crippen LogP contribution in [0.3, 0.4) is 0 Å². The number of carbonyl (C=O) groups excluding carboxylic acids is 2. The quantitative estimate of drug-likeness (QED) is 0.0849. The first-order valence-corrected chi connectivity index (χ1v) is 15.4. The Hall–Kier alpha value is -2.12. The van der Waals surface area contributed by atoms with Crippen LogP contribution in [0.4, 0.5) is 0 Å². The Labute approximate surface area is 237 Å². The number of unbranched alkanes of at least 4 members (excludes halogenated alkanes) is 8. The van der Waals surface area contributed by atoms with Crippen LogP contribution < -0.4 is 0 Å². The van der Waals surface area contributed by atoms with Gasteiger partial charge >= 0.3 is 23.9 Å². The topological polar surface area (TPSA) is 127 Å². The SMILES string of the molecule is CCCCC(CCCC)(CCCC(=O)O)C(=O)O.CCCCOC(=O)CCCCCCCC(=O)OCCCC. The molecule has 0 spiro atoms. The number of rotatable bonds is 25. The summed E-state index contributed by atoms with van der Waals surface area (Å²) in [5, 5.41) is 18.1. The van der Waals surface area contributed by atoms with E-state index < -0.39 is 17.4 Å². The minimum atomic E-state index is -0.847. The lowest BCUT2D eigenvalue weighted by Gasteiger charge is -2.29. The molecule has 2 N–H and O–H groups in total. The molecule has 0 aliphatic carbocycles. The molecule has 8 heteroatoms. The lowest BCUT2D eigenvalue weighted by atomic mass is 9.74. The molecule has 0 aliphatic rings. The van der Waals surface area contributed by atoms with Crippen LogP contribution in [0, 0.1) is 5.41 Å². The second-order valence-electron chi connectivity index (χ2n) is 10.5. The van der Waals surface area contributed by atoms with Crippen molar-refractivity contribution < 1.29 is 38.9 Å². The number of aliphatic carboxylic acids is 2. The summed E-state index contributed by atoms with van der Waals surface area (Å²) in [4.78, 5) is 44.8. The zero-order valence-electron chi connectivity index (χ0n) is 25.4. The fraction of sp³-hybridized carbons (Fsp3) is 0.871. The van der Waals surface area contributed by atoms with Gasteiger partial charge in [0.05, 0.1) is 18.6 Å². The highest BCUT2D eigenvalue weighted by Crippen LogP contribution is 2.37. The summed E-state index contributed by atoms with van der Waals surface area (Å²) in [5.41, 5.74) is -0.707. The number of hydrogen-bond donors (Lipinski definition) is 2. The predicted molar refractivity (Wildman–Crippen MR) is 155 cm³/mol. The summed E-state index contributed by atoms with van der Waals surface area (Å²) in [5.74, 6) is -1.76.